The highest BCUT2D eigenvalue weighted by molar-refractivity contribution is 6.36. The first-order valence-corrected chi connectivity index (χ1v) is 9.97. The van der Waals surface area contributed by atoms with Gasteiger partial charge in [0.1, 0.15) is 5.69 Å². The minimum absolute atomic E-state index is 0.0493. The van der Waals surface area contributed by atoms with E-state index in [1.807, 2.05) is 40.1 Å². The first-order valence-electron chi connectivity index (χ1n) is 9.21. The molecule has 0 bridgehead atoms. The number of pyridine rings is 1. The van der Waals surface area contributed by atoms with Gasteiger partial charge in [-0.1, -0.05) is 23.2 Å². The van der Waals surface area contributed by atoms with Crippen LogP contribution in [0, 0.1) is 13.8 Å². The fourth-order valence-corrected chi connectivity index (χ4v) is 3.61. The van der Waals surface area contributed by atoms with Gasteiger partial charge in [-0.2, -0.15) is 0 Å². The van der Waals surface area contributed by atoms with E-state index in [4.69, 9.17) is 23.2 Å². The van der Waals surface area contributed by atoms with Gasteiger partial charge < -0.3 is 15.5 Å². The first kappa shape index (κ1) is 23.1. The number of aromatic nitrogens is 1. The number of likely N-dealkylation sites (N-methyl/N-ethyl adjacent to an activating group) is 1. The van der Waals surface area contributed by atoms with E-state index in [9.17, 15) is 9.59 Å². The van der Waals surface area contributed by atoms with Crippen molar-refractivity contribution in [2.24, 2.45) is 0 Å². The molecule has 8 heteroatoms. The molecule has 2 amide bonds. The first-order chi connectivity index (χ1) is 13.6. The summed E-state index contributed by atoms with van der Waals surface area (Å²) in [5, 5.41) is 6.15. The molecule has 0 aliphatic heterocycles. The van der Waals surface area contributed by atoms with Crippen molar-refractivity contribution in [1.29, 1.82) is 0 Å². The molecule has 6 nitrogen and oxygen atoms in total. The molecule has 1 aromatic carbocycles. The monoisotopic (exact) mass is 436 g/mol. The lowest BCUT2D eigenvalue weighted by molar-refractivity contribution is 0.0934. The van der Waals surface area contributed by atoms with Crippen molar-refractivity contribution in [1.82, 2.24) is 20.5 Å². The average molecular weight is 437 g/mol. The van der Waals surface area contributed by atoms with Gasteiger partial charge in [0.15, 0.2) is 0 Å². The summed E-state index contributed by atoms with van der Waals surface area (Å²) in [5.41, 5.74) is 4.04. The molecule has 1 aromatic heterocycles. The van der Waals surface area contributed by atoms with Crippen molar-refractivity contribution < 1.29 is 9.59 Å². The highest BCUT2D eigenvalue weighted by Gasteiger charge is 2.19. The third-order valence-electron chi connectivity index (χ3n) is 4.88. The Bertz CT molecular complexity index is 893. The van der Waals surface area contributed by atoms with E-state index in [2.05, 4.69) is 20.5 Å². The molecule has 29 heavy (non-hydrogen) atoms. The summed E-state index contributed by atoms with van der Waals surface area (Å²) in [5.74, 6) is -0.451. The number of nitrogens with zero attached hydrogens (tertiary/aromatic N) is 2. The van der Waals surface area contributed by atoms with Crippen molar-refractivity contribution in [2.75, 3.05) is 27.7 Å². The normalized spacial score (nSPS) is 12.0. The SMILES string of the molecule is CNC(=O)c1cc(C)c(C[C@@H](CNC(=O)c2ncc(Cl)cc2Cl)N(C)C)c(C)c1. The second-order valence-electron chi connectivity index (χ2n) is 7.18. The van der Waals surface area contributed by atoms with E-state index >= 15 is 0 Å². The highest BCUT2D eigenvalue weighted by atomic mass is 35.5. The van der Waals surface area contributed by atoms with Gasteiger partial charge in [-0.25, -0.2) is 4.98 Å². The molecule has 0 aliphatic carbocycles. The van der Waals surface area contributed by atoms with Gasteiger partial charge in [-0.3, -0.25) is 9.59 Å². The number of carbonyl (C=O) groups excluding carboxylic acids is 2. The summed E-state index contributed by atoms with van der Waals surface area (Å²) in [6.07, 6.45) is 2.12. The number of hydrogen-bond acceptors (Lipinski definition) is 4. The molecule has 0 unspecified atom stereocenters. The second kappa shape index (κ2) is 10.1. The average Bonchev–Trinajstić information content (AvgIpc) is 2.65. The molecule has 2 aromatic rings. The lowest BCUT2D eigenvalue weighted by Crippen LogP contribution is -2.42. The van der Waals surface area contributed by atoms with Crippen molar-refractivity contribution in [3.8, 4) is 0 Å². The molecule has 0 radical (unpaired) electrons. The lowest BCUT2D eigenvalue weighted by Gasteiger charge is -2.26. The Morgan fingerprint density at radius 1 is 1.10 bits per heavy atom. The van der Waals surface area contributed by atoms with E-state index in [1.165, 1.54) is 12.3 Å². The van der Waals surface area contributed by atoms with Crippen LogP contribution in [0.15, 0.2) is 24.4 Å². The Morgan fingerprint density at radius 3 is 2.24 bits per heavy atom. The summed E-state index contributed by atoms with van der Waals surface area (Å²) < 4.78 is 0. The molecule has 156 valence electrons. The topological polar surface area (TPSA) is 74.3 Å². The van der Waals surface area contributed by atoms with E-state index in [1.54, 1.807) is 7.05 Å². The van der Waals surface area contributed by atoms with Gasteiger partial charge in [0.25, 0.3) is 11.8 Å². The van der Waals surface area contributed by atoms with Gasteiger partial charge >= 0.3 is 0 Å². The van der Waals surface area contributed by atoms with Gasteiger partial charge in [-0.15, -0.1) is 0 Å². The number of halogens is 2. The molecule has 1 atom stereocenters. The molecular formula is C21H26Cl2N4O2. The number of hydrogen-bond donors (Lipinski definition) is 2. The fourth-order valence-electron chi connectivity index (χ4n) is 3.14. The van der Waals surface area contributed by atoms with Crippen LogP contribution in [0.5, 0.6) is 0 Å². The Hall–Kier alpha value is -2.15. The van der Waals surface area contributed by atoms with Gasteiger partial charge in [0.05, 0.1) is 10.0 Å². The Kier molecular flexibility index (Phi) is 8.02. The standard InChI is InChI=1S/C21H26Cl2N4O2/c1-12-6-14(20(28)24-3)7-13(2)17(12)9-16(27(4)5)11-26-21(29)19-18(23)8-15(22)10-25-19/h6-8,10,16H,9,11H2,1-5H3,(H,24,28)(H,26,29)/t16-/m0/s1. The number of nitrogens with one attached hydrogen (secondary N) is 2. The van der Waals surface area contributed by atoms with Gasteiger partial charge in [-0.05, 0) is 69.3 Å². The van der Waals surface area contributed by atoms with Crippen molar-refractivity contribution in [3.05, 3.63) is 62.4 Å². The van der Waals surface area contributed by atoms with Crippen LogP contribution < -0.4 is 10.6 Å². The number of benzene rings is 1. The van der Waals surface area contributed by atoms with Gasteiger partial charge in [0, 0.05) is 31.4 Å². The van der Waals surface area contributed by atoms with E-state index < -0.39 is 0 Å². The largest absolute Gasteiger partial charge is 0.355 e. The summed E-state index contributed by atoms with van der Waals surface area (Å²) in [6, 6.07) is 5.33. The summed E-state index contributed by atoms with van der Waals surface area (Å²) in [7, 11) is 5.55. The third kappa shape index (κ3) is 5.92. The Balaban J connectivity index is 2.14. The van der Waals surface area contributed by atoms with Crippen molar-refractivity contribution >= 4 is 35.0 Å². The molecule has 2 rings (SSSR count). The molecule has 0 spiro atoms. The fraction of sp³-hybridized carbons (Fsp3) is 0.381. The van der Waals surface area contributed by atoms with Crippen LogP contribution in [0.2, 0.25) is 10.0 Å². The maximum absolute atomic E-state index is 12.5. The zero-order chi connectivity index (χ0) is 21.7. The second-order valence-corrected chi connectivity index (χ2v) is 8.03. The summed E-state index contributed by atoms with van der Waals surface area (Å²) >= 11 is 11.9. The number of aryl methyl sites for hydroxylation is 2. The zero-order valence-electron chi connectivity index (χ0n) is 17.3. The maximum Gasteiger partial charge on any atom is 0.271 e. The zero-order valence-corrected chi connectivity index (χ0v) is 18.8. The van der Waals surface area contributed by atoms with Crippen LogP contribution in [0.25, 0.3) is 0 Å². The van der Waals surface area contributed by atoms with Crippen LogP contribution in [0.4, 0.5) is 0 Å². The molecule has 0 aliphatic rings. The number of rotatable bonds is 7. The molecule has 1 heterocycles. The van der Waals surface area contributed by atoms with Gasteiger partial charge in [0.2, 0.25) is 0 Å². The van der Waals surface area contributed by atoms with Crippen molar-refractivity contribution in [3.63, 3.8) is 0 Å². The number of amides is 2. The predicted molar refractivity (Wildman–Crippen MR) is 117 cm³/mol. The van der Waals surface area contributed by atoms with Crippen LogP contribution in [-0.2, 0) is 6.42 Å². The van der Waals surface area contributed by atoms with E-state index in [0.717, 1.165) is 23.1 Å². The Morgan fingerprint density at radius 2 is 1.72 bits per heavy atom. The van der Waals surface area contributed by atoms with E-state index in [-0.39, 0.29) is 28.6 Å². The molecule has 0 fully saturated rings. The van der Waals surface area contributed by atoms with Crippen LogP contribution in [-0.4, -0.2) is 55.4 Å². The molecular weight excluding hydrogens is 411 g/mol. The minimum Gasteiger partial charge on any atom is -0.355 e. The smallest absolute Gasteiger partial charge is 0.271 e. The number of carbonyl (C=O) groups is 2. The third-order valence-corrected chi connectivity index (χ3v) is 5.37. The molecule has 2 N–H and O–H groups in total. The van der Waals surface area contributed by atoms with Crippen molar-refractivity contribution in [2.45, 2.75) is 26.3 Å². The summed E-state index contributed by atoms with van der Waals surface area (Å²) in [6.45, 7) is 4.41. The van der Waals surface area contributed by atoms with Crippen LogP contribution in [0.1, 0.15) is 37.5 Å². The lowest BCUT2D eigenvalue weighted by atomic mass is 9.93. The predicted octanol–water partition coefficient (Wildman–Crippen LogP) is 3.27. The van der Waals surface area contributed by atoms with E-state index in [0.29, 0.717) is 17.1 Å². The maximum atomic E-state index is 12.5. The van der Waals surface area contributed by atoms with Crippen LogP contribution in [0.3, 0.4) is 0 Å². The quantitative estimate of drug-likeness (QED) is 0.698. The minimum atomic E-state index is -0.345. The summed E-state index contributed by atoms with van der Waals surface area (Å²) in [4.78, 5) is 30.5. The Labute approximate surface area is 181 Å². The molecule has 0 saturated heterocycles. The van der Waals surface area contributed by atoms with Crippen LogP contribution >= 0.6 is 23.2 Å². The molecule has 0 saturated carbocycles. The highest BCUT2D eigenvalue weighted by Crippen LogP contribution is 2.21.